The van der Waals surface area contributed by atoms with Crippen molar-refractivity contribution in [2.24, 2.45) is 5.92 Å². The molecule has 2 N–H and O–H groups in total. The molecule has 1 unspecified atom stereocenters. The van der Waals surface area contributed by atoms with E-state index in [-0.39, 0.29) is 0 Å². The van der Waals surface area contributed by atoms with Crippen molar-refractivity contribution < 1.29 is 5.11 Å². The average Bonchev–Trinajstić information content (AvgIpc) is 2.59. The minimum Gasteiger partial charge on any atom is -0.390 e. The van der Waals surface area contributed by atoms with Crippen LogP contribution in [0.1, 0.15) is 33.6 Å². The summed E-state index contributed by atoms with van der Waals surface area (Å²) in [5.41, 5.74) is -0.530. The third-order valence-corrected chi connectivity index (χ3v) is 3.16. The predicted molar refractivity (Wildman–Crippen MR) is 64.0 cm³/mol. The van der Waals surface area contributed by atoms with Crippen molar-refractivity contribution in [1.29, 1.82) is 0 Å². The van der Waals surface area contributed by atoms with Crippen molar-refractivity contribution in [2.75, 3.05) is 32.7 Å². The Hall–Kier alpha value is -0.120. The molecule has 1 aliphatic heterocycles. The number of hydrogen-bond donors (Lipinski definition) is 2. The SMILES string of the molecule is CCN1CCC(CNCCC(C)(C)O)C1. The van der Waals surface area contributed by atoms with Gasteiger partial charge in [-0.2, -0.15) is 0 Å². The van der Waals surface area contributed by atoms with Gasteiger partial charge in [-0.15, -0.1) is 0 Å². The van der Waals surface area contributed by atoms with Gasteiger partial charge in [0.1, 0.15) is 0 Å². The normalized spacial score (nSPS) is 23.6. The van der Waals surface area contributed by atoms with E-state index in [9.17, 15) is 5.11 Å². The zero-order valence-electron chi connectivity index (χ0n) is 10.4. The van der Waals surface area contributed by atoms with Gasteiger partial charge in [-0.3, -0.25) is 0 Å². The molecule has 0 radical (unpaired) electrons. The number of hydrogen-bond acceptors (Lipinski definition) is 3. The van der Waals surface area contributed by atoms with E-state index >= 15 is 0 Å². The Morgan fingerprint density at radius 2 is 2.20 bits per heavy atom. The molecule has 0 spiro atoms. The molecule has 1 rings (SSSR count). The number of nitrogens with zero attached hydrogens (tertiary/aromatic N) is 1. The van der Waals surface area contributed by atoms with Gasteiger partial charge in [0.05, 0.1) is 5.60 Å². The lowest BCUT2D eigenvalue weighted by Gasteiger charge is -2.18. The standard InChI is InChI=1S/C12H26N2O/c1-4-14-8-5-11(10-14)9-13-7-6-12(2,3)15/h11,13,15H,4-10H2,1-3H3. The Balaban J connectivity index is 2.02. The van der Waals surface area contributed by atoms with Crippen LogP contribution < -0.4 is 5.32 Å². The van der Waals surface area contributed by atoms with Crippen LogP contribution in [0.25, 0.3) is 0 Å². The Morgan fingerprint density at radius 1 is 1.47 bits per heavy atom. The van der Waals surface area contributed by atoms with Gasteiger partial charge in [-0.1, -0.05) is 6.92 Å². The van der Waals surface area contributed by atoms with Gasteiger partial charge in [-0.25, -0.2) is 0 Å². The topological polar surface area (TPSA) is 35.5 Å². The lowest BCUT2D eigenvalue weighted by atomic mass is 10.1. The van der Waals surface area contributed by atoms with Gasteiger partial charge in [0, 0.05) is 6.54 Å². The fourth-order valence-electron chi connectivity index (χ4n) is 2.07. The highest BCUT2D eigenvalue weighted by molar-refractivity contribution is 4.76. The van der Waals surface area contributed by atoms with Gasteiger partial charge in [0.25, 0.3) is 0 Å². The minimum absolute atomic E-state index is 0.530. The van der Waals surface area contributed by atoms with Crippen LogP contribution in [0, 0.1) is 5.92 Å². The summed E-state index contributed by atoms with van der Waals surface area (Å²) in [7, 11) is 0. The molecule has 1 aliphatic rings. The van der Waals surface area contributed by atoms with Gasteiger partial charge in [0.2, 0.25) is 0 Å². The van der Waals surface area contributed by atoms with Crippen molar-refractivity contribution in [3.63, 3.8) is 0 Å². The zero-order chi connectivity index (χ0) is 11.3. The highest BCUT2D eigenvalue weighted by Gasteiger charge is 2.20. The summed E-state index contributed by atoms with van der Waals surface area (Å²) in [6, 6.07) is 0. The van der Waals surface area contributed by atoms with Crippen molar-refractivity contribution in [3.05, 3.63) is 0 Å². The lowest BCUT2D eigenvalue weighted by molar-refractivity contribution is 0.0709. The van der Waals surface area contributed by atoms with Gasteiger partial charge >= 0.3 is 0 Å². The molecular formula is C12H26N2O. The summed E-state index contributed by atoms with van der Waals surface area (Å²) >= 11 is 0. The Bertz CT molecular complexity index is 177. The molecule has 0 amide bonds. The molecule has 0 aromatic carbocycles. The fourth-order valence-corrected chi connectivity index (χ4v) is 2.07. The highest BCUT2D eigenvalue weighted by atomic mass is 16.3. The summed E-state index contributed by atoms with van der Waals surface area (Å²) in [6.45, 7) is 11.7. The van der Waals surface area contributed by atoms with Gasteiger partial charge in [0.15, 0.2) is 0 Å². The third kappa shape index (κ3) is 5.50. The summed E-state index contributed by atoms with van der Waals surface area (Å²) in [4.78, 5) is 2.50. The first-order valence-corrected chi connectivity index (χ1v) is 6.16. The fraction of sp³-hybridized carbons (Fsp3) is 1.00. The molecule has 1 saturated heterocycles. The molecule has 1 fully saturated rings. The zero-order valence-corrected chi connectivity index (χ0v) is 10.4. The van der Waals surface area contributed by atoms with Crippen LogP contribution in [-0.2, 0) is 0 Å². The molecular weight excluding hydrogens is 188 g/mol. The number of nitrogens with one attached hydrogen (secondary N) is 1. The summed E-state index contributed by atoms with van der Waals surface area (Å²) in [5.74, 6) is 0.812. The molecule has 1 atom stereocenters. The smallest absolute Gasteiger partial charge is 0.0603 e. The van der Waals surface area contributed by atoms with E-state index in [1.165, 1.54) is 26.1 Å². The molecule has 0 aromatic heterocycles. The van der Waals surface area contributed by atoms with Crippen LogP contribution >= 0.6 is 0 Å². The van der Waals surface area contributed by atoms with Crippen molar-refractivity contribution in [2.45, 2.75) is 39.2 Å². The van der Waals surface area contributed by atoms with Crippen molar-refractivity contribution in [1.82, 2.24) is 10.2 Å². The maximum atomic E-state index is 9.54. The monoisotopic (exact) mass is 214 g/mol. The largest absolute Gasteiger partial charge is 0.390 e. The first-order chi connectivity index (χ1) is 7.01. The molecule has 3 heteroatoms. The number of rotatable bonds is 6. The van der Waals surface area contributed by atoms with Crippen LogP contribution in [0.2, 0.25) is 0 Å². The van der Waals surface area contributed by atoms with Gasteiger partial charge in [-0.05, 0) is 58.8 Å². The number of aliphatic hydroxyl groups is 1. The third-order valence-electron chi connectivity index (χ3n) is 3.16. The molecule has 0 bridgehead atoms. The Morgan fingerprint density at radius 3 is 2.73 bits per heavy atom. The summed E-state index contributed by atoms with van der Waals surface area (Å²) in [5, 5.41) is 13.0. The van der Waals surface area contributed by atoms with Crippen LogP contribution in [-0.4, -0.2) is 48.3 Å². The maximum absolute atomic E-state index is 9.54. The van der Waals surface area contributed by atoms with Crippen LogP contribution in [0.4, 0.5) is 0 Å². The quantitative estimate of drug-likeness (QED) is 0.650. The van der Waals surface area contributed by atoms with Crippen molar-refractivity contribution >= 4 is 0 Å². The lowest BCUT2D eigenvalue weighted by Crippen LogP contribution is -2.31. The van der Waals surface area contributed by atoms with E-state index in [4.69, 9.17) is 0 Å². The molecule has 15 heavy (non-hydrogen) atoms. The number of likely N-dealkylation sites (tertiary alicyclic amines) is 1. The maximum Gasteiger partial charge on any atom is 0.0603 e. The second-order valence-electron chi connectivity index (χ2n) is 5.31. The van der Waals surface area contributed by atoms with E-state index in [0.29, 0.717) is 0 Å². The minimum atomic E-state index is -0.530. The van der Waals surface area contributed by atoms with E-state index in [0.717, 1.165) is 25.4 Å². The molecule has 1 heterocycles. The van der Waals surface area contributed by atoms with Gasteiger partial charge < -0.3 is 15.3 Å². The molecule has 0 aliphatic carbocycles. The highest BCUT2D eigenvalue weighted by Crippen LogP contribution is 2.14. The van der Waals surface area contributed by atoms with E-state index < -0.39 is 5.60 Å². The van der Waals surface area contributed by atoms with Crippen LogP contribution in [0.3, 0.4) is 0 Å². The first-order valence-electron chi connectivity index (χ1n) is 6.16. The van der Waals surface area contributed by atoms with Crippen LogP contribution in [0.5, 0.6) is 0 Å². The Kier molecular flexibility index (Phi) is 5.03. The van der Waals surface area contributed by atoms with Crippen molar-refractivity contribution in [3.8, 4) is 0 Å². The molecule has 3 nitrogen and oxygen atoms in total. The first kappa shape index (κ1) is 12.9. The molecule has 0 aromatic rings. The second kappa shape index (κ2) is 5.83. The summed E-state index contributed by atoms with van der Waals surface area (Å²) in [6.07, 6.45) is 2.15. The summed E-state index contributed by atoms with van der Waals surface area (Å²) < 4.78 is 0. The second-order valence-corrected chi connectivity index (χ2v) is 5.31. The van der Waals surface area contributed by atoms with E-state index in [2.05, 4.69) is 17.1 Å². The predicted octanol–water partition coefficient (Wildman–Crippen LogP) is 1.08. The molecule has 90 valence electrons. The molecule has 0 saturated carbocycles. The Labute approximate surface area is 93.9 Å². The average molecular weight is 214 g/mol. The van der Waals surface area contributed by atoms with Crippen LogP contribution in [0.15, 0.2) is 0 Å². The van der Waals surface area contributed by atoms with E-state index in [1.54, 1.807) is 0 Å². The van der Waals surface area contributed by atoms with E-state index in [1.807, 2.05) is 13.8 Å².